The number of likely N-dealkylation sites (N-methyl/N-ethyl adjacent to an activating group) is 1. The van der Waals surface area contributed by atoms with E-state index in [4.69, 9.17) is 21.1 Å². The van der Waals surface area contributed by atoms with Crippen molar-refractivity contribution in [3.05, 3.63) is 47.5 Å². The van der Waals surface area contributed by atoms with Crippen LogP contribution in [0.5, 0.6) is 11.5 Å². The molecule has 8 nitrogen and oxygen atoms in total. The zero-order chi connectivity index (χ0) is 21.7. The molecule has 0 atom stereocenters. The van der Waals surface area contributed by atoms with Crippen molar-refractivity contribution in [3.63, 3.8) is 0 Å². The monoisotopic (exact) mass is 431 g/mol. The second-order valence-corrected chi connectivity index (χ2v) is 6.97. The van der Waals surface area contributed by atoms with Gasteiger partial charge in [0.15, 0.2) is 6.61 Å². The summed E-state index contributed by atoms with van der Waals surface area (Å²) in [5.41, 5.74) is 0.946. The van der Waals surface area contributed by atoms with Gasteiger partial charge in [-0.05, 0) is 37.3 Å². The number of carbonyl (C=O) groups excluding carboxylic acids is 3. The van der Waals surface area contributed by atoms with Crippen LogP contribution in [-0.2, 0) is 14.4 Å². The minimum Gasteiger partial charge on any atom is -0.495 e. The van der Waals surface area contributed by atoms with Crippen LogP contribution in [-0.4, -0.2) is 56.0 Å². The molecule has 0 spiro atoms. The molecule has 0 aliphatic carbocycles. The van der Waals surface area contributed by atoms with Crippen LogP contribution < -0.4 is 19.7 Å². The van der Waals surface area contributed by atoms with Crippen LogP contribution in [0.15, 0.2) is 42.5 Å². The Morgan fingerprint density at radius 2 is 2.03 bits per heavy atom. The molecular formula is C21H22ClN3O5. The van der Waals surface area contributed by atoms with Crippen LogP contribution in [0.25, 0.3) is 0 Å². The van der Waals surface area contributed by atoms with Gasteiger partial charge in [0, 0.05) is 11.6 Å². The molecule has 1 heterocycles. The van der Waals surface area contributed by atoms with Crippen LogP contribution in [0.2, 0.25) is 5.02 Å². The Hall–Kier alpha value is -3.26. The molecule has 9 heteroatoms. The fraction of sp³-hybridized carbons (Fsp3) is 0.286. The number of nitrogens with one attached hydrogen (secondary N) is 1. The van der Waals surface area contributed by atoms with Crippen molar-refractivity contribution in [1.82, 2.24) is 4.90 Å². The van der Waals surface area contributed by atoms with Crippen molar-refractivity contribution < 1.29 is 23.9 Å². The van der Waals surface area contributed by atoms with Gasteiger partial charge in [-0.15, -0.1) is 0 Å². The number of fused-ring (bicyclic) bond motifs is 1. The second-order valence-electron chi connectivity index (χ2n) is 6.54. The van der Waals surface area contributed by atoms with Crippen molar-refractivity contribution in [2.24, 2.45) is 0 Å². The predicted octanol–water partition coefficient (Wildman–Crippen LogP) is 2.56. The van der Waals surface area contributed by atoms with Crippen molar-refractivity contribution in [3.8, 4) is 11.5 Å². The third-order valence-corrected chi connectivity index (χ3v) is 4.84. The Morgan fingerprint density at radius 3 is 2.77 bits per heavy atom. The van der Waals surface area contributed by atoms with Gasteiger partial charge in [0.2, 0.25) is 11.8 Å². The number of carbonyl (C=O) groups is 3. The van der Waals surface area contributed by atoms with E-state index in [1.165, 1.54) is 16.9 Å². The number of nitrogens with zero attached hydrogens (tertiary/aromatic N) is 2. The van der Waals surface area contributed by atoms with Crippen molar-refractivity contribution >= 4 is 40.7 Å². The van der Waals surface area contributed by atoms with E-state index in [-0.39, 0.29) is 37.4 Å². The predicted molar refractivity (Wildman–Crippen MR) is 113 cm³/mol. The average Bonchev–Trinajstić information content (AvgIpc) is 2.74. The number of halogens is 1. The first-order valence-corrected chi connectivity index (χ1v) is 9.74. The number of ether oxygens (including phenoxy) is 2. The number of rotatable bonds is 7. The summed E-state index contributed by atoms with van der Waals surface area (Å²) in [6.07, 6.45) is 0. The smallest absolute Gasteiger partial charge is 0.265 e. The number of hydrogen-bond donors (Lipinski definition) is 1. The lowest BCUT2D eigenvalue weighted by Crippen LogP contribution is -2.48. The number of hydrogen-bond acceptors (Lipinski definition) is 5. The van der Waals surface area contributed by atoms with Gasteiger partial charge < -0.3 is 19.7 Å². The van der Waals surface area contributed by atoms with Crippen molar-refractivity contribution in [2.45, 2.75) is 6.92 Å². The zero-order valence-electron chi connectivity index (χ0n) is 16.7. The first kappa shape index (κ1) is 21.4. The highest BCUT2D eigenvalue weighted by atomic mass is 35.5. The summed E-state index contributed by atoms with van der Waals surface area (Å²) in [5, 5.41) is 3.16. The molecule has 0 fully saturated rings. The van der Waals surface area contributed by atoms with Gasteiger partial charge in [-0.3, -0.25) is 19.3 Å². The van der Waals surface area contributed by atoms with Gasteiger partial charge in [-0.2, -0.15) is 0 Å². The molecule has 158 valence electrons. The first-order chi connectivity index (χ1) is 14.4. The molecular weight excluding hydrogens is 410 g/mol. The maximum Gasteiger partial charge on any atom is 0.265 e. The quantitative estimate of drug-likeness (QED) is 0.727. The van der Waals surface area contributed by atoms with Crippen LogP contribution in [0.4, 0.5) is 11.4 Å². The van der Waals surface area contributed by atoms with Crippen LogP contribution in [0.3, 0.4) is 0 Å². The summed E-state index contributed by atoms with van der Waals surface area (Å²) in [6.45, 7) is 1.53. The summed E-state index contributed by atoms with van der Waals surface area (Å²) in [7, 11) is 1.51. The highest BCUT2D eigenvalue weighted by Gasteiger charge is 2.29. The Balaban J connectivity index is 1.69. The lowest BCUT2D eigenvalue weighted by atomic mass is 10.2. The maximum absolute atomic E-state index is 12.8. The largest absolute Gasteiger partial charge is 0.495 e. The molecule has 2 aromatic rings. The van der Waals surface area contributed by atoms with E-state index in [0.29, 0.717) is 34.4 Å². The summed E-state index contributed by atoms with van der Waals surface area (Å²) >= 11 is 6.03. The third-order valence-electron chi connectivity index (χ3n) is 4.61. The summed E-state index contributed by atoms with van der Waals surface area (Å²) in [5.74, 6) is -0.0932. The summed E-state index contributed by atoms with van der Waals surface area (Å²) in [6, 6.07) is 11.9. The van der Waals surface area contributed by atoms with Crippen LogP contribution >= 0.6 is 11.6 Å². The van der Waals surface area contributed by atoms with Crippen LogP contribution in [0, 0.1) is 0 Å². The molecule has 1 aliphatic heterocycles. The van der Waals surface area contributed by atoms with E-state index < -0.39 is 0 Å². The van der Waals surface area contributed by atoms with E-state index in [2.05, 4.69) is 5.32 Å². The maximum atomic E-state index is 12.8. The van der Waals surface area contributed by atoms with E-state index in [9.17, 15) is 14.4 Å². The van der Waals surface area contributed by atoms with Gasteiger partial charge >= 0.3 is 0 Å². The lowest BCUT2D eigenvalue weighted by molar-refractivity contribution is -0.134. The fourth-order valence-corrected chi connectivity index (χ4v) is 3.24. The summed E-state index contributed by atoms with van der Waals surface area (Å²) in [4.78, 5) is 40.4. The molecule has 3 amide bonds. The number of methoxy groups -OCH3 is 1. The number of para-hydroxylation sites is 2. The minimum atomic E-state index is -0.369. The SMILES string of the molecule is CCN(CC(=O)Nc1ccccc1OC)C(=O)CN1C(=O)COc2ccc(Cl)cc21. The molecule has 0 saturated heterocycles. The van der Waals surface area contributed by atoms with E-state index in [1.807, 2.05) is 0 Å². The highest BCUT2D eigenvalue weighted by molar-refractivity contribution is 6.31. The first-order valence-electron chi connectivity index (χ1n) is 9.36. The molecule has 2 aromatic carbocycles. The minimum absolute atomic E-state index is 0.158. The molecule has 30 heavy (non-hydrogen) atoms. The van der Waals surface area contributed by atoms with E-state index in [0.717, 1.165) is 0 Å². The molecule has 0 unspecified atom stereocenters. The lowest BCUT2D eigenvalue weighted by Gasteiger charge is -2.31. The normalized spacial score (nSPS) is 12.6. The van der Waals surface area contributed by atoms with E-state index >= 15 is 0 Å². The Kier molecular flexibility index (Phi) is 6.79. The molecule has 1 N–H and O–H groups in total. The van der Waals surface area contributed by atoms with Gasteiger partial charge in [-0.25, -0.2) is 0 Å². The molecule has 0 aromatic heterocycles. The Labute approximate surface area is 179 Å². The third kappa shape index (κ3) is 4.83. The van der Waals surface area contributed by atoms with Crippen molar-refractivity contribution in [1.29, 1.82) is 0 Å². The van der Waals surface area contributed by atoms with Crippen LogP contribution in [0.1, 0.15) is 6.92 Å². The average molecular weight is 432 g/mol. The van der Waals surface area contributed by atoms with E-state index in [1.54, 1.807) is 49.4 Å². The van der Waals surface area contributed by atoms with Gasteiger partial charge in [-0.1, -0.05) is 23.7 Å². The van der Waals surface area contributed by atoms with Gasteiger partial charge in [0.1, 0.15) is 18.0 Å². The zero-order valence-corrected chi connectivity index (χ0v) is 17.4. The Bertz CT molecular complexity index is 965. The van der Waals surface area contributed by atoms with Crippen molar-refractivity contribution in [2.75, 3.05) is 43.6 Å². The summed E-state index contributed by atoms with van der Waals surface area (Å²) < 4.78 is 10.6. The highest BCUT2D eigenvalue weighted by Crippen LogP contribution is 2.34. The molecule has 1 aliphatic rings. The standard InChI is InChI=1S/C21H22ClN3O5/c1-3-24(11-19(26)23-15-6-4-5-7-17(15)29-2)20(27)12-25-16-10-14(22)8-9-18(16)30-13-21(25)28/h4-10H,3,11-13H2,1-2H3,(H,23,26). The molecule has 0 bridgehead atoms. The number of benzene rings is 2. The second kappa shape index (κ2) is 9.49. The molecule has 0 radical (unpaired) electrons. The van der Waals surface area contributed by atoms with Gasteiger partial charge in [0.05, 0.1) is 25.0 Å². The Morgan fingerprint density at radius 1 is 1.27 bits per heavy atom. The number of amides is 3. The van der Waals surface area contributed by atoms with Gasteiger partial charge in [0.25, 0.3) is 5.91 Å². The fourth-order valence-electron chi connectivity index (χ4n) is 3.07. The topological polar surface area (TPSA) is 88.2 Å². The molecule has 3 rings (SSSR count). The molecule has 0 saturated carbocycles. The number of anilines is 2.